The van der Waals surface area contributed by atoms with E-state index in [4.69, 9.17) is 0 Å². The second-order valence-corrected chi connectivity index (χ2v) is 8.95. The summed E-state index contributed by atoms with van der Waals surface area (Å²) in [5, 5.41) is 8.70. The maximum atomic E-state index is 11.9. The molecule has 1 saturated heterocycles. The van der Waals surface area contributed by atoms with Crippen LogP contribution in [0.25, 0.3) is 0 Å². The average molecular weight is 372 g/mol. The molecule has 1 aromatic carbocycles. The maximum absolute atomic E-state index is 11.9. The molecule has 0 bridgehead atoms. The number of aromatic nitrogens is 6. The van der Waals surface area contributed by atoms with Gasteiger partial charge in [-0.05, 0) is 18.9 Å². The third kappa shape index (κ3) is 3.67. The zero-order chi connectivity index (χ0) is 18.1. The number of rotatable bonds is 5. The van der Waals surface area contributed by atoms with Crippen molar-refractivity contribution in [3.63, 3.8) is 0 Å². The molecule has 8 nitrogen and oxygen atoms in total. The standard InChI is InChI=1S/C17H20N6O2S/c1-13-2-4-14(5-3-13)8-23-17(15-6-7-26(24,25)10-15)20-16(21-23)9-22-12-18-11-19-22/h2-5,11-12,15H,6-10H2,1H3/t15-/m0/s1. The van der Waals surface area contributed by atoms with Crippen molar-refractivity contribution in [2.45, 2.75) is 32.4 Å². The molecule has 1 aliphatic heterocycles. The first-order chi connectivity index (χ1) is 12.5. The number of benzene rings is 1. The van der Waals surface area contributed by atoms with E-state index in [1.54, 1.807) is 11.0 Å². The summed E-state index contributed by atoms with van der Waals surface area (Å²) in [7, 11) is -2.99. The van der Waals surface area contributed by atoms with Gasteiger partial charge in [-0.1, -0.05) is 29.8 Å². The van der Waals surface area contributed by atoms with E-state index in [-0.39, 0.29) is 17.4 Å². The largest absolute Gasteiger partial charge is 0.245 e. The Balaban J connectivity index is 1.65. The first-order valence-corrected chi connectivity index (χ1v) is 10.3. The van der Waals surface area contributed by atoms with E-state index in [2.05, 4.69) is 44.4 Å². The van der Waals surface area contributed by atoms with Crippen LogP contribution in [0.15, 0.2) is 36.9 Å². The molecule has 4 rings (SSSR count). The van der Waals surface area contributed by atoms with Crippen LogP contribution in [-0.2, 0) is 22.9 Å². The molecule has 136 valence electrons. The number of nitrogens with zero attached hydrogens (tertiary/aromatic N) is 6. The van der Waals surface area contributed by atoms with Gasteiger partial charge in [0.1, 0.15) is 25.0 Å². The summed E-state index contributed by atoms with van der Waals surface area (Å²) in [4.78, 5) is 8.58. The van der Waals surface area contributed by atoms with E-state index in [9.17, 15) is 8.42 Å². The normalized spacial score (nSPS) is 19.0. The molecule has 0 N–H and O–H groups in total. The zero-order valence-corrected chi connectivity index (χ0v) is 15.3. The molecule has 0 radical (unpaired) electrons. The fraction of sp³-hybridized carbons (Fsp3) is 0.412. The van der Waals surface area contributed by atoms with E-state index >= 15 is 0 Å². The highest BCUT2D eigenvalue weighted by Crippen LogP contribution is 2.28. The van der Waals surface area contributed by atoms with Gasteiger partial charge >= 0.3 is 0 Å². The van der Waals surface area contributed by atoms with Gasteiger partial charge in [0.05, 0.1) is 18.1 Å². The fourth-order valence-corrected chi connectivity index (χ4v) is 4.95. The fourth-order valence-electron chi connectivity index (χ4n) is 3.21. The Morgan fingerprint density at radius 2 is 2.00 bits per heavy atom. The highest BCUT2D eigenvalue weighted by molar-refractivity contribution is 7.91. The molecule has 0 unspecified atom stereocenters. The van der Waals surface area contributed by atoms with Gasteiger partial charge in [-0.2, -0.15) is 10.2 Å². The molecule has 3 heterocycles. The van der Waals surface area contributed by atoms with Gasteiger partial charge in [0.2, 0.25) is 0 Å². The van der Waals surface area contributed by atoms with Crippen LogP contribution in [0.3, 0.4) is 0 Å². The van der Waals surface area contributed by atoms with E-state index < -0.39 is 9.84 Å². The predicted octanol–water partition coefficient (Wildman–Crippen LogP) is 1.18. The van der Waals surface area contributed by atoms with Crippen molar-refractivity contribution < 1.29 is 8.42 Å². The summed E-state index contributed by atoms with van der Waals surface area (Å²) in [6.07, 6.45) is 3.67. The van der Waals surface area contributed by atoms with Gasteiger partial charge in [-0.3, -0.25) is 0 Å². The molecular weight excluding hydrogens is 352 g/mol. The molecule has 0 aliphatic carbocycles. The smallest absolute Gasteiger partial charge is 0.172 e. The minimum Gasteiger partial charge on any atom is -0.245 e. The Labute approximate surface area is 151 Å². The van der Waals surface area contributed by atoms with E-state index in [1.165, 1.54) is 11.9 Å². The van der Waals surface area contributed by atoms with Crippen LogP contribution in [0.5, 0.6) is 0 Å². The molecule has 0 spiro atoms. The predicted molar refractivity (Wildman–Crippen MR) is 95.4 cm³/mol. The van der Waals surface area contributed by atoms with Crippen LogP contribution >= 0.6 is 0 Å². The van der Waals surface area contributed by atoms with E-state index in [1.807, 2.05) is 11.6 Å². The lowest BCUT2D eigenvalue weighted by molar-refractivity contribution is 0.580. The van der Waals surface area contributed by atoms with Gasteiger partial charge in [0.25, 0.3) is 0 Å². The lowest BCUT2D eigenvalue weighted by atomic mass is 10.1. The minimum atomic E-state index is -2.99. The van der Waals surface area contributed by atoms with Crippen molar-refractivity contribution in [2.75, 3.05) is 11.5 Å². The molecule has 26 heavy (non-hydrogen) atoms. The molecule has 3 aromatic rings. The van der Waals surface area contributed by atoms with Crippen LogP contribution < -0.4 is 0 Å². The Kier molecular flexibility index (Phi) is 4.31. The zero-order valence-electron chi connectivity index (χ0n) is 14.5. The number of aryl methyl sites for hydroxylation is 1. The van der Waals surface area contributed by atoms with Crippen molar-refractivity contribution in [1.29, 1.82) is 0 Å². The second kappa shape index (κ2) is 6.64. The molecule has 1 fully saturated rings. The Hall–Kier alpha value is -2.55. The minimum absolute atomic E-state index is 0.109. The van der Waals surface area contributed by atoms with Crippen molar-refractivity contribution in [1.82, 2.24) is 29.5 Å². The molecule has 1 atom stereocenters. The summed E-state index contributed by atoms with van der Waals surface area (Å²) in [6.45, 7) is 3.02. The molecule has 2 aromatic heterocycles. The molecule has 1 aliphatic rings. The van der Waals surface area contributed by atoms with Crippen molar-refractivity contribution in [3.8, 4) is 0 Å². The topological polar surface area (TPSA) is 95.6 Å². The molecule has 0 amide bonds. The lowest BCUT2D eigenvalue weighted by Crippen LogP contribution is -2.13. The third-order valence-electron chi connectivity index (χ3n) is 4.56. The van der Waals surface area contributed by atoms with Gasteiger partial charge in [0.15, 0.2) is 15.7 Å². The second-order valence-electron chi connectivity index (χ2n) is 6.72. The Morgan fingerprint density at radius 3 is 2.65 bits per heavy atom. The quantitative estimate of drug-likeness (QED) is 0.667. The Morgan fingerprint density at radius 1 is 1.19 bits per heavy atom. The summed E-state index contributed by atoms with van der Waals surface area (Å²) < 4.78 is 27.3. The van der Waals surface area contributed by atoms with Gasteiger partial charge in [-0.25, -0.2) is 27.7 Å². The SMILES string of the molecule is Cc1ccc(Cn2nc(Cn3cncn3)nc2[C@H]2CCS(=O)(=O)C2)cc1. The van der Waals surface area contributed by atoms with Crippen LogP contribution in [0.2, 0.25) is 0 Å². The van der Waals surface area contributed by atoms with Gasteiger partial charge in [0, 0.05) is 5.92 Å². The third-order valence-corrected chi connectivity index (χ3v) is 6.33. The highest BCUT2D eigenvalue weighted by Gasteiger charge is 2.33. The van der Waals surface area contributed by atoms with Crippen LogP contribution in [0.1, 0.15) is 35.1 Å². The molecule has 9 heteroatoms. The van der Waals surface area contributed by atoms with Crippen LogP contribution in [-0.4, -0.2) is 49.5 Å². The molecule has 0 saturated carbocycles. The van der Waals surface area contributed by atoms with Gasteiger partial charge < -0.3 is 0 Å². The lowest BCUT2D eigenvalue weighted by Gasteiger charge is -2.10. The van der Waals surface area contributed by atoms with E-state index in [0.717, 1.165) is 11.4 Å². The van der Waals surface area contributed by atoms with Crippen LogP contribution in [0, 0.1) is 6.92 Å². The van der Waals surface area contributed by atoms with Crippen molar-refractivity contribution >= 4 is 9.84 Å². The number of sulfone groups is 1. The monoisotopic (exact) mass is 372 g/mol. The van der Waals surface area contributed by atoms with Crippen molar-refractivity contribution in [2.24, 2.45) is 0 Å². The summed E-state index contributed by atoms with van der Waals surface area (Å²) in [5.41, 5.74) is 2.30. The first-order valence-electron chi connectivity index (χ1n) is 8.50. The average Bonchev–Trinajstić information content (AvgIpc) is 3.31. The maximum Gasteiger partial charge on any atom is 0.172 e. The van der Waals surface area contributed by atoms with E-state index in [0.29, 0.717) is 25.3 Å². The van der Waals surface area contributed by atoms with Crippen molar-refractivity contribution in [3.05, 3.63) is 59.7 Å². The summed E-state index contributed by atoms with van der Waals surface area (Å²) in [6, 6.07) is 8.23. The molecular formula is C17H20N6O2S. The number of hydrogen-bond donors (Lipinski definition) is 0. The first kappa shape index (κ1) is 16.9. The number of hydrogen-bond acceptors (Lipinski definition) is 6. The summed E-state index contributed by atoms with van der Waals surface area (Å²) >= 11 is 0. The Bertz CT molecular complexity index is 993. The summed E-state index contributed by atoms with van der Waals surface area (Å²) in [5.74, 6) is 1.60. The van der Waals surface area contributed by atoms with Crippen LogP contribution in [0.4, 0.5) is 0 Å². The van der Waals surface area contributed by atoms with Gasteiger partial charge in [-0.15, -0.1) is 0 Å². The highest BCUT2D eigenvalue weighted by atomic mass is 32.2.